The number of halogens is 1. The molecule has 0 saturated carbocycles. The number of unbranched alkanes of at least 4 members (excludes halogenated alkanes) is 34. The summed E-state index contributed by atoms with van der Waals surface area (Å²) in [6.45, 7) is 23.1. The van der Waals surface area contributed by atoms with Crippen molar-refractivity contribution in [2.75, 3.05) is 0 Å². The quantitative estimate of drug-likeness (QED) is 0.0207. The molecule has 0 saturated heterocycles. The summed E-state index contributed by atoms with van der Waals surface area (Å²) in [4.78, 5) is 0. The standard InChI is InChI=1S/C43H72OSi.C27H54O.C16H19ClSi/c1-6-8-10-12-14-15-16-17-18-19-20-21-23-25-29-35-40(34-28-24-22-13-11-9-7-2)44-45(43(3,4)5,41-36-30-26-31-37-41)42-38-32-27-33-39-42;1-3-5-7-9-11-12-13-14-15-16-17-18-20-22-24-26-27(28)25-23-21-19-10-8-6-4-2;1-16(2,3)18(17,14-10-6-4-7-11-14)15-12-8-5-9-13-15/h16-17,26-27,30-33,36-40H,6-15,18-25,28-29,34-35H2,1-5H3;13-14,27-28H,3-12,15-26H2,1-2H3;4-13H,1-3H3/b17-16-;14-13-;. The molecule has 2 nitrogen and oxygen atoms in total. The molecule has 5 heteroatoms. The fourth-order valence-electron chi connectivity index (χ4n) is 13.3. The molecule has 91 heavy (non-hydrogen) atoms. The summed E-state index contributed by atoms with van der Waals surface area (Å²) in [5.41, 5.74) is 0. The van der Waals surface area contributed by atoms with Crippen LogP contribution in [0.3, 0.4) is 0 Å². The largest absolute Gasteiger partial charge is 0.404 e. The van der Waals surface area contributed by atoms with Crippen LogP contribution < -0.4 is 20.7 Å². The number of rotatable bonds is 52. The lowest BCUT2D eigenvalue weighted by atomic mass is 10.0. The molecule has 0 heterocycles. The van der Waals surface area contributed by atoms with E-state index in [0.29, 0.717) is 6.10 Å². The topological polar surface area (TPSA) is 29.5 Å². The molecule has 2 atom stereocenters. The van der Waals surface area contributed by atoms with Crippen LogP contribution >= 0.6 is 11.1 Å². The maximum Gasteiger partial charge on any atom is 0.261 e. The third kappa shape index (κ3) is 38.4. The van der Waals surface area contributed by atoms with E-state index in [1.54, 1.807) is 0 Å². The first-order chi connectivity index (χ1) is 44.2. The van der Waals surface area contributed by atoms with Crippen LogP contribution in [0.4, 0.5) is 0 Å². The second kappa shape index (κ2) is 55.2. The van der Waals surface area contributed by atoms with Crippen molar-refractivity contribution in [3.05, 3.63) is 146 Å². The van der Waals surface area contributed by atoms with Crippen molar-refractivity contribution in [3.63, 3.8) is 0 Å². The molecule has 0 amide bonds. The number of benzene rings is 4. The van der Waals surface area contributed by atoms with Crippen LogP contribution in [0, 0.1) is 0 Å². The molecule has 0 aromatic heterocycles. The summed E-state index contributed by atoms with van der Waals surface area (Å²) in [6.07, 6.45) is 68.4. The van der Waals surface area contributed by atoms with Gasteiger partial charge < -0.3 is 9.53 Å². The van der Waals surface area contributed by atoms with E-state index in [1.807, 2.05) is 12.1 Å². The van der Waals surface area contributed by atoms with Gasteiger partial charge in [-0.3, -0.25) is 0 Å². The van der Waals surface area contributed by atoms with Gasteiger partial charge in [0.05, 0.1) is 6.10 Å². The first-order valence-corrected chi connectivity index (χ1v) is 43.7. The van der Waals surface area contributed by atoms with Crippen LogP contribution in [0.15, 0.2) is 146 Å². The first kappa shape index (κ1) is 84.1. The average Bonchev–Trinajstić information content (AvgIpc) is 0.777. The molecule has 0 bridgehead atoms. The van der Waals surface area contributed by atoms with Gasteiger partial charge in [0.15, 0.2) is 0 Å². The zero-order valence-electron chi connectivity index (χ0n) is 61.4. The van der Waals surface area contributed by atoms with E-state index in [9.17, 15) is 5.11 Å². The Morgan fingerprint density at radius 2 is 0.549 bits per heavy atom. The van der Waals surface area contributed by atoms with Gasteiger partial charge in [-0.15, -0.1) is 0 Å². The zero-order chi connectivity index (χ0) is 66.3. The number of hydrogen-bond acceptors (Lipinski definition) is 2. The lowest BCUT2D eigenvalue weighted by Gasteiger charge is -2.45. The summed E-state index contributed by atoms with van der Waals surface area (Å²) < 4.78 is 7.67. The van der Waals surface area contributed by atoms with Crippen molar-refractivity contribution in [2.24, 2.45) is 0 Å². The van der Waals surface area contributed by atoms with Crippen molar-refractivity contribution in [2.45, 2.75) is 374 Å². The lowest BCUT2D eigenvalue weighted by molar-refractivity contribution is 0.147. The first-order valence-electron chi connectivity index (χ1n) is 38.8. The highest BCUT2D eigenvalue weighted by atomic mass is 35.6. The van der Waals surface area contributed by atoms with Crippen molar-refractivity contribution in [3.8, 4) is 0 Å². The molecule has 4 rings (SSSR count). The molecule has 4 aromatic carbocycles. The Morgan fingerprint density at radius 1 is 0.319 bits per heavy atom. The third-order valence-electron chi connectivity index (χ3n) is 19.0. The number of aliphatic hydroxyl groups excluding tert-OH is 1. The summed E-state index contributed by atoms with van der Waals surface area (Å²) in [5, 5.41) is 15.6. The van der Waals surface area contributed by atoms with Crippen LogP contribution in [0.2, 0.25) is 10.1 Å². The third-order valence-corrected chi connectivity index (χ3v) is 31.4. The molecular formula is C86H145ClO2Si2. The van der Waals surface area contributed by atoms with Gasteiger partial charge >= 0.3 is 0 Å². The predicted octanol–water partition coefficient (Wildman–Crippen LogP) is 26.4. The van der Waals surface area contributed by atoms with E-state index >= 15 is 0 Å². The van der Waals surface area contributed by atoms with Gasteiger partial charge in [0.2, 0.25) is 7.38 Å². The molecule has 0 spiro atoms. The Balaban J connectivity index is 0.000000518. The minimum atomic E-state index is -2.51. The SMILES string of the molecule is CC(C)(C)[Si](Cl)(c1ccccc1)c1ccccc1.CCCCCCC/C=C\CCCCCCCCC(CCCCCCCCC)O[Si](c1ccccc1)(c1ccccc1)C(C)(C)C.CCCCCCC/C=C\CCCCCCCCC(O)CCCCCCCCC. The summed E-state index contributed by atoms with van der Waals surface area (Å²) in [5.74, 6) is 0. The van der Waals surface area contributed by atoms with E-state index < -0.39 is 15.7 Å². The van der Waals surface area contributed by atoms with Crippen molar-refractivity contribution in [1.29, 1.82) is 0 Å². The number of aliphatic hydroxyl groups is 1. The molecule has 516 valence electrons. The number of allylic oxidation sites excluding steroid dienone is 4. The smallest absolute Gasteiger partial charge is 0.261 e. The van der Waals surface area contributed by atoms with E-state index in [1.165, 1.54) is 290 Å². The Hall–Kier alpha value is -3.00. The molecule has 1 N–H and O–H groups in total. The van der Waals surface area contributed by atoms with Crippen LogP contribution in [0.5, 0.6) is 0 Å². The highest BCUT2D eigenvalue weighted by Gasteiger charge is 2.51. The van der Waals surface area contributed by atoms with Gasteiger partial charge in [0.1, 0.15) is 0 Å². The summed E-state index contributed by atoms with van der Waals surface area (Å²) in [6, 6.07) is 43.6. The Labute approximate surface area is 573 Å². The van der Waals surface area contributed by atoms with E-state index in [4.69, 9.17) is 15.5 Å². The second-order valence-corrected chi connectivity index (χ2v) is 39.2. The van der Waals surface area contributed by atoms with Crippen LogP contribution in [-0.2, 0) is 4.43 Å². The Morgan fingerprint density at radius 3 is 0.802 bits per heavy atom. The van der Waals surface area contributed by atoms with Crippen molar-refractivity contribution in [1.82, 2.24) is 0 Å². The minimum absolute atomic E-state index is 0.0391. The van der Waals surface area contributed by atoms with Crippen LogP contribution in [0.25, 0.3) is 0 Å². The monoisotopic (exact) mass is 1300 g/mol. The lowest BCUT2D eigenvalue weighted by Crippen LogP contribution is -2.67. The normalized spacial score (nSPS) is 12.9. The molecule has 2 unspecified atom stereocenters. The molecule has 4 aromatic rings. The maximum absolute atomic E-state index is 10.1. The van der Waals surface area contributed by atoms with Gasteiger partial charge in [-0.05, 0) is 108 Å². The average molecular weight is 1300 g/mol. The van der Waals surface area contributed by atoms with Gasteiger partial charge in [-0.2, -0.15) is 11.1 Å². The van der Waals surface area contributed by atoms with Crippen molar-refractivity contribution >= 4 is 47.5 Å². The Bertz CT molecular complexity index is 2150. The van der Waals surface area contributed by atoms with Gasteiger partial charge in [0, 0.05) is 6.10 Å². The molecule has 0 aliphatic carbocycles. The molecule has 0 radical (unpaired) electrons. The van der Waals surface area contributed by atoms with Gasteiger partial charge in [0.25, 0.3) is 8.32 Å². The maximum atomic E-state index is 10.1. The minimum Gasteiger partial charge on any atom is -0.404 e. The molecule has 0 aliphatic rings. The fraction of sp³-hybridized carbons (Fsp3) is 0.674. The molecule has 0 fully saturated rings. The number of hydrogen-bond donors (Lipinski definition) is 1. The van der Waals surface area contributed by atoms with E-state index in [2.05, 4.69) is 203 Å². The van der Waals surface area contributed by atoms with Gasteiger partial charge in [-0.25, -0.2) is 0 Å². The van der Waals surface area contributed by atoms with Crippen molar-refractivity contribution < 1.29 is 9.53 Å². The molecule has 0 aliphatic heterocycles. The van der Waals surface area contributed by atoms with Crippen LogP contribution in [-0.4, -0.2) is 33.0 Å². The highest BCUT2D eigenvalue weighted by Crippen LogP contribution is 2.40. The van der Waals surface area contributed by atoms with Crippen LogP contribution in [0.1, 0.15) is 352 Å². The Kier molecular flexibility index (Phi) is 51.0. The van der Waals surface area contributed by atoms with E-state index in [-0.39, 0.29) is 16.2 Å². The second-order valence-electron chi connectivity index (χ2n) is 29.3. The zero-order valence-corrected chi connectivity index (χ0v) is 64.1. The summed E-state index contributed by atoms with van der Waals surface area (Å²) >= 11 is 7.21. The summed E-state index contributed by atoms with van der Waals surface area (Å²) in [7, 11) is -4.74. The fourth-order valence-corrected chi connectivity index (χ4v) is 22.2. The van der Waals surface area contributed by atoms with E-state index in [0.717, 1.165) is 12.8 Å². The predicted molar refractivity (Wildman–Crippen MR) is 416 cm³/mol. The highest BCUT2D eigenvalue weighted by molar-refractivity contribution is 7.35. The molecular weight excluding hydrogens is 1160 g/mol. The van der Waals surface area contributed by atoms with Gasteiger partial charge in [-0.1, -0.05) is 420 Å².